The van der Waals surface area contributed by atoms with Crippen molar-refractivity contribution in [2.45, 2.75) is 19.3 Å². The number of amides is 1. The van der Waals surface area contributed by atoms with Crippen molar-refractivity contribution in [3.05, 3.63) is 64.6 Å². The molecule has 5 rings (SSSR count). The van der Waals surface area contributed by atoms with Crippen molar-refractivity contribution >= 4 is 17.3 Å². The predicted molar refractivity (Wildman–Crippen MR) is 122 cm³/mol. The summed E-state index contributed by atoms with van der Waals surface area (Å²) in [5.41, 5.74) is 1.17. The molecule has 0 radical (unpaired) electrons. The maximum absolute atomic E-state index is 12.8. The molecule has 9 nitrogen and oxygen atoms in total. The second kappa shape index (κ2) is 8.85. The van der Waals surface area contributed by atoms with Crippen LogP contribution in [0.2, 0.25) is 0 Å². The van der Waals surface area contributed by atoms with E-state index in [1.54, 1.807) is 49.5 Å². The van der Waals surface area contributed by atoms with Gasteiger partial charge in [0.15, 0.2) is 22.9 Å². The Bertz CT molecular complexity index is 1230. The Morgan fingerprint density at radius 1 is 1.03 bits per heavy atom. The number of benzene rings is 2. The minimum atomic E-state index is -0.346. The fourth-order valence-electron chi connectivity index (χ4n) is 3.90. The monoisotopic (exact) mass is 448 g/mol. The molecule has 0 unspecified atom stereocenters. The van der Waals surface area contributed by atoms with Crippen molar-refractivity contribution < 1.29 is 19.0 Å². The Kier molecular flexibility index (Phi) is 5.60. The first-order valence-corrected chi connectivity index (χ1v) is 10.9. The summed E-state index contributed by atoms with van der Waals surface area (Å²) in [6.45, 7) is 1.76. The molecule has 3 heterocycles. The van der Waals surface area contributed by atoms with Crippen LogP contribution in [-0.4, -0.2) is 40.5 Å². The third-order valence-corrected chi connectivity index (χ3v) is 5.72. The van der Waals surface area contributed by atoms with E-state index in [1.165, 1.54) is 17.3 Å². The zero-order valence-corrected chi connectivity index (χ0v) is 18.2. The Morgan fingerprint density at radius 3 is 2.58 bits per heavy atom. The highest BCUT2D eigenvalue weighted by atomic mass is 16.7. The average molecular weight is 448 g/mol. The van der Waals surface area contributed by atoms with E-state index in [1.807, 2.05) is 4.90 Å². The standard InChI is InChI=1S/C24H24N4O5/c1-27-24(30)22(21(14-25-27)33-18-9-10-19-20(13-18)32-15-31-19)26-17-7-5-16(6-8-17)23(29)28-11-3-2-4-12-28/h5-10,13-14,26H,2-4,11-12,15H2,1H3. The van der Waals surface area contributed by atoms with Crippen molar-refractivity contribution in [1.82, 2.24) is 14.7 Å². The highest BCUT2D eigenvalue weighted by Crippen LogP contribution is 2.37. The molecule has 1 saturated heterocycles. The van der Waals surface area contributed by atoms with Crippen LogP contribution in [0.4, 0.5) is 11.4 Å². The number of carbonyl (C=O) groups is 1. The van der Waals surface area contributed by atoms with Crippen molar-refractivity contribution in [2.24, 2.45) is 7.05 Å². The number of aryl methyl sites for hydroxylation is 1. The van der Waals surface area contributed by atoms with Gasteiger partial charge in [-0.25, -0.2) is 4.68 Å². The number of carbonyl (C=O) groups excluding carboxylic acids is 1. The highest BCUT2D eigenvalue weighted by Gasteiger charge is 2.19. The smallest absolute Gasteiger partial charge is 0.294 e. The molecule has 0 spiro atoms. The molecule has 0 saturated carbocycles. The summed E-state index contributed by atoms with van der Waals surface area (Å²) in [5, 5.41) is 7.19. The largest absolute Gasteiger partial charge is 0.454 e. The molecule has 1 N–H and O–H groups in total. The number of hydrogen-bond donors (Lipinski definition) is 1. The van der Waals surface area contributed by atoms with Crippen molar-refractivity contribution in [2.75, 3.05) is 25.2 Å². The molecule has 1 fully saturated rings. The molecule has 0 bridgehead atoms. The molecular formula is C24H24N4O5. The topological polar surface area (TPSA) is 94.9 Å². The third kappa shape index (κ3) is 4.34. The SMILES string of the molecule is Cn1ncc(Oc2ccc3c(c2)OCO3)c(Nc2ccc(C(=O)N3CCCCC3)cc2)c1=O. The maximum atomic E-state index is 12.8. The van der Waals surface area contributed by atoms with Gasteiger partial charge in [-0.2, -0.15) is 5.10 Å². The molecule has 2 aliphatic heterocycles. The van der Waals surface area contributed by atoms with Crippen LogP contribution >= 0.6 is 0 Å². The molecule has 3 aromatic rings. The summed E-state index contributed by atoms with van der Waals surface area (Å²) in [7, 11) is 1.57. The van der Waals surface area contributed by atoms with Gasteiger partial charge in [0.05, 0.1) is 6.20 Å². The van der Waals surface area contributed by atoms with E-state index in [4.69, 9.17) is 14.2 Å². The molecule has 2 aliphatic rings. The molecule has 2 aromatic carbocycles. The Balaban J connectivity index is 1.37. The van der Waals surface area contributed by atoms with Gasteiger partial charge in [0.1, 0.15) is 5.75 Å². The van der Waals surface area contributed by atoms with Crippen molar-refractivity contribution in [1.29, 1.82) is 0 Å². The van der Waals surface area contributed by atoms with Crippen molar-refractivity contribution in [3.63, 3.8) is 0 Å². The van der Waals surface area contributed by atoms with Gasteiger partial charge in [0.2, 0.25) is 6.79 Å². The summed E-state index contributed by atoms with van der Waals surface area (Å²) in [6, 6.07) is 12.3. The molecule has 0 atom stereocenters. The Hall–Kier alpha value is -4.01. The van der Waals surface area contributed by atoms with Gasteiger partial charge in [-0.3, -0.25) is 9.59 Å². The van der Waals surface area contributed by atoms with Gasteiger partial charge in [0, 0.05) is 37.5 Å². The molecule has 1 amide bonds. The van der Waals surface area contributed by atoms with E-state index in [-0.39, 0.29) is 29.7 Å². The molecule has 0 aliphatic carbocycles. The van der Waals surface area contributed by atoms with Gasteiger partial charge in [-0.15, -0.1) is 0 Å². The fourth-order valence-corrected chi connectivity index (χ4v) is 3.90. The van der Waals surface area contributed by atoms with Gasteiger partial charge < -0.3 is 24.4 Å². The summed E-state index contributed by atoms with van der Waals surface area (Å²) in [5.74, 6) is 2.01. The van der Waals surface area contributed by atoms with E-state index >= 15 is 0 Å². The molecular weight excluding hydrogens is 424 g/mol. The first-order valence-electron chi connectivity index (χ1n) is 10.9. The maximum Gasteiger partial charge on any atom is 0.294 e. The van der Waals surface area contributed by atoms with Gasteiger partial charge in [0.25, 0.3) is 11.5 Å². The van der Waals surface area contributed by atoms with E-state index in [9.17, 15) is 9.59 Å². The number of hydrogen-bond acceptors (Lipinski definition) is 7. The van der Waals surface area contributed by atoms with E-state index < -0.39 is 0 Å². The van der Waals surface area contributed by atoms with Gasteiger partial charge >= 0.3 is 0 Å². The van der Waals surface area contributed by atoms with E-state index in [0.29, 0.717) is 28.5 Å². The van der Waals surface area contributed by atoms with Crippen LogP contribution < -0.4 is 25.1 Å². The lowest BCUT2D eigenvalue weighted by atomic mass is 10.1. The molecule has 1 aromatic heterocycles. The van der Waals surface area contributed by atoms with E-state index in [0.717, 1.165) is 25.9 Å². The fraction of sp³-hybridized carbons (Fsp3) is 0.292. The minimum absolute atomic E-state index is 0.0351. The summed E-state index contributed by atoms with van der Waals surface area (Å²) in [6.07, 6.45) is 4.73. The van der Waals surface area contributed by atoms with Gasteiger partial charge in [-0.05, 0) is 55.7 Å². The lowest BCUT2D eigenvalue weighted by molar-refractivity contribution is 0.0724. The first kappa shape index (κ1) is 20.9. The van der Waals surface area contributed by atoms with Crippen LogP contribution in [0.15, 0.2) is 53.5 Å². The van der Waals surface area contributed by atoms with Crippen LogP contribution in [0, 0.1) is 0 Å². The normalized spacial score (nSPS) is 14.8. The lowest BCUT2D eigenvalue weighted by Crippen LogP contribution is -2.35. The summed E-state index contributed by atoms with van der Waals surface area (Å²) in [4.78, 5) is 27.4. The second-order valence-corrected chi connectivity index (χ2v) is 7.98. The summed E-state index contributed by atoms with van der Waals surface area (Å²) < 4.78 is 17.9. The highest BCUT2D eigenvalue weighted by molar-refractivity contribution is 5.94. The molecule has 9 heteroatoms. The van der Waals surface area contributed by atoms with Gasteiger partial charge in [-0.1, -0.05) is 0 Å². The lowest BCUT2D eigenvalue weighted by Gasteiger charge is -2.26. The Labute approximate surface area is 190 Å². The quantitative estimate of drug-likeness (QED) is 0.636. The average Bonchev–Trinajstić information content (AvgIpc) is 3.32. The van der Waals surface area contributed by atoms with Crippen LogP contribution in [0.1, 0.15) is 29.6 Å². The number of ether oxygens (including phenoxy) is 3. The van der Waals surface area contributed by atoms with Crippen LogP contribution in [0.3, 0.4) is 0 Å². The molecule has 170 valence electrons. The first-order chi connectivity index (χ1) is 16.1. The summed E-state index contributed by atoms with van der Waals surface area (Å²) >= 11 is 0. The van der Waals surface area contributed by atoms with Crippen LogP contribution in [0.25, 0.3) is 0 Å². The van der Waals surface area contributed by atoms with Crippen molar-refractivity contribution in [3.8, 4) is 23.0 Å². The number of fused-ring (bicyclic) bond motifs is 1. The third-order valence-electron chi connectivity index (χ3n) is 5.72. The number of piperidine rings is 1. The number of nitrogens with zero attached hydrogens (tertiary/aromatic N) is 3. The second-order valence-electron chi connectivity index (χ2n) is 7.98. The number of aromatic nitrogens is 2. The van der Waals surface area contributed by atoms with E-state index in [2.05, 4.69) is 10.4 Å². The number of rotatable bonds is 5. The number of nitrogens with one attached hydrogen (secondary N) is 1. The molecule has 33 heavy (non-hydrogen) atoms. The zero-order valence-electron chi connectivity index (χ0n) is 18.2. The van der Waals surface area contributed by atoms with Crippen LogP contribution in [0.5, 0.6) is 23.0 Å². The number of likely N-dealkylation sites (tertiary alicyclic amines) is 1. The van der Waals surface area contributed by atoms with Crippen LogP contribution in [-0.2, 0) is 7.05 Å². The zero-order chi connectivity index (χ0) is 22.8. The minimum Gasteiger partial charge on any atom is -0.454 e. The Morgan fingerprint density at radius 2 is 1.79 bits per heavy atom. The predicted octanol–water partition coefficient (Wildman–Crippen LogP) is 3.67. The number of anilines is 2.